The van der Waals surface area contributed by atoms with Gasteiger partial charge in [0.05, 0.1) is 0 Å². The second kappa shape index (κ2) is 3.07. The van der Waals surface area contributed by atoms with Crippen LogP contribution in [-0.4, -0.2) is 36.1 Å². The second-order valence-corrected chi connectivity index (χ2v) is 7.04. The van der Waals surface area contributed by atoms with Crippen LogP contribution in [0.5, 0.6) is 0 Å². The van der Waals surface area contributed by atoms with E-state index in [1.807, 2.05) is 0 Å². The van der Waals surface area contributed by atoms with Crippen LogP contribution >= 0.6 is 0 Å². The predicted molar refractivity (Wildman–Crippen MR) is 38.9 cm³/mol. The molecule has 0 aliphatic carbocycles. The van der Waals surface area contributed by atoms with Gasteiger partial charge in [0.25, 0.3) is 0 Å². The quantitative estimate of drug-likeness (QED) is 0.470. The fourth-order valence-corrected chi connectivity index (χ4v) is 2.11. The maximum absolute atomic E-state index is 10.6. The van der Waals surface area contributed by atoms with Crippen LogP contribution in [0.4, 0.5) is 0 Å². The van der Waals surface area contributed by atoms with Crippen molar-refractivity contribution < 1.29 is 8.54 Å². The molecule has 0 aromatic carbocycles. The Kier molecular flexibility index (Phi) is 2.59. The van der Waals surface area contributed by atoms with Gasteiger partial charge in [-0.2, -0.15) is 0 Å². The molecule has 4 heteroatoms. The number of ether oxygens (including phenoxy) is 1. The summed E-state index contributed by atoms with van der Waals surface area (Å²) in [6.07, 6.45) is 3.40. The Morgan fingerprint density at radius 2 is 2.33 bits per heavy atom. The van der Waals surface area contributed by atoms with Crippen LogP contribution in [0.1, 0.15) is 19.3 Å². The first-order valence-corrected chi connectivity index (χ1v) is 5.42. The molecule has 0 saturated carbocycles. The normalized spacial score (nSPS) is 36.0. The first kappa shape index (κ1) is 7.61. The summed E-state index contributed by atoms with van der Waals surface area (Å²) in [7, 11) is 0.933. The van der Waals surface area contributed by atoms with Crippen LogP contribution in [0.3, 0.4) is 0 Å². The fraction of sp³-hybridized carbons (Fsp3) is 1.00. The van der Waals surface area contributed by atoms with Gasteiger partial charge in [-0.05, 0) is 0 Å². The van der Waals surface area contributed by atoms with Crippen LogP contribution in [-0.2, 0) is 8.54 Å². The molecule has 1 heterocycles. The van der Waals surface area contributed by atoms with Gasteiger partial charge in [0.15, 0.2) is 0 Å². The molecule has 0 bridgehead atoms. The Labute approximate surface area is 64.3 Å². The summed E-state index contributed by atoms with van der Waals surface area (Å²) >= 11 is -0.695. The molecule has 1 aliphatic rings. The summed E-state index contributed by atoms with van der Waals surface area (Å²) in [6, 6.07) is 0. The van der Waals surface area contributed by atoms with Crippen molar-refractivity contribution in [3.63, 3.8) is 0 Å². The molecular formula is C5H11AlO2Si. The van der Waals surface area contributed by atoms with E-state index in [1.54, 1.807) is 0 Å². The van der Waals surface area contributed by atoms with Crippen LogP contribution in [0.2, 0.25) is 0 Å². The summed E-state index contributed by atoms with van der Waals surface area (Å²) < 4.78 is 15.9. The molecule has 2 nitrogen and oxygen atoms in total. The van der Waals surface area contributed by atoms with Gasteiger partial charge in [-0.3, -0.25) is 0 Å². The zero-order valence-electron chi connectivity index (χ0n) is 5.72. The third-order valence-corrected chi connectivity index (χ3v) is 4.20. The molecule has 9 heavy (non-hydrogen) atoms. The zero-order chi connectivity index (χ0) is 6.74. The minimum atomic E-state index is -0.695. The molecule has 1 rings (SSSR count). The maximum atomic E-state index is 10.6. The Morgan fingerprint density at radius 1 is 1.56 bits per heavy atom. The SMILES string of the molecule is [O]=[Al][C]1([SiH3])CCCCO1. The molecule has 0 aromatic heterocycles. The van der Waals surface area contributed by atoms with Gasteiger partial charge in [0.1, 0.15) is 0 Å². The van der Waals surface area contributed by atoms with Gasteiger partial charge in [0.2, 0.25) is 0 Å². The van der Waals surface area contributed by atoms with Crippen LogP contribution in [0.25, 0.3) is 0 Å². The Bertz CT molecular complexity index is 112. The van der Waals surface area contributed by atoms with Gasteiger partial charge in [-0.25, -0.2) is 0 Å². The third kappa shape index (κ3) is 1.98. The molecule has 1 unspecified atom stereocenters. The van der Waals surface area contributed by atoms with Crippen molar-refractivity contribution in [2.75, 3.05) is 6.61 Å². The molecule has 0 radical (unpaired) electrons. The Morgan fingerprint density at radius 3 is 2.67 bits per heavy atom. The van der Waals surface area contributed by atoms with Crippen LogP contribution < -0.4 is 0 Å². The van der Waals surface area contributed by atoms with E-state index in [0.29, 0.717) is 0 Å². The van der Waals surface area contributed by atoms with Gasteiger partial charge in [-0.15, -0.1) is 0 Å². The van der Waals surface area contributed by atoms with E-state index < -0.39 is 15.2 Å². The molecular weight excluding hydrogens is 147 g/mol. The molecule has 0 amide bonds. The average molecular weight is 158 g/mol. The van der Waals surface area contributed by atoms with E-state index in [9.17, 15) is 3.80 Å². The molecule has 1 aliphatic heterocycles. The summed E-state index contributed by atoms with van der Waals surface area (Å²) in [5.74, 6) is 0. The average Bonchev–Trinajstić information content (AvgIpc) is 1.90. The molecule has 1 atom stereocenters. The molecule has 0 N–H and O–H groups in total. The summed E-state index contributed by atoms with van der Waals surface area (Å²) in [6.45, 7) is 0.832. The van der Waals surface area contributed by atoms with E-state index in [4.69, 9.17) is 4.74 Å². The van der Waals surface area contributed by atoms with Crippen LogP contribution in [0, 0.1) is 0 Å². The number of hydrogen-bond donors (Lipinski definition) is 0. The topological polar surface area (TPSA) is 26.3 Å². The third-order valence-electron chi connectivity index (χ3n) is 1.75. The van der Waals surface area contributed by atoms with E-state index in [0.717, 1.165) is 29.7 Å². The Hall–Kier alpha value is 0.509. The Balaban J connectivity index is 2.46. The van der Waals surface area contributed by atoms with E-state index in [1.165, 1.54) is 6.42 Å². The second-order valence-electron chi connectivity index (χ2n) is 2.74. The van der Waals surface area contributed by atoms with Crippen molar-refractivity contribution in [1.29, 1.82) is 0 Å². The summed E-state index contributed by atoms with van der Waals surface area (Å²) in [5.41, 5.74) is 0. The summed E-state index contributed by atoms with van der Waals surface area (Å²) in [4.78, 5) is 0. The van der Waals surface area contributed by atoms with Crippen molar-refractivity contribution in [2.24, 2.45) is 0 Å². The molecule has 1 fully saturated rings. The monoisotopic (exact) mass is 158 g/mol. The van der Waals surface area contributed by atoms with Gasteiger partial charge in [0, 0.05) is 0 Å². The van der Waals surface area contributed by atoms with Crippen LogP contribution in [0.15, 0.2) is 0 Å². The fourth-order valence-electron chi connectivity index (χ4n) is 1.05. The zero-order valence-corrected chi connectivity index (χ0v) is 8.88. The number of rotatable bonds is 1. The van der Waals surface area contributed by atoms with E-state index in [-0.39, 0.29) is 4.09 Å². The first-order chi connectivity index (χ1) is 4.27. The summed E-state index contributed by atoms with van der Waals surface area (Å²) in [5, 5.41) is 0. The standard InChI is InChI=1S/C5H11OSi.Al.O/c7-5-3-1-2-4-6-5;;/h1-4H2,7H3;;. The van der Waals surface area contributed by atoms with E-state index >= 15 is 0 Å². The van der Waals surface area contributed by atoms with Crippen molar-refractivity contribution in [2.45, 2.75) is 23.3 Å². The van der Waals surface area contributed by atoms with Crippen molar-refractivity contribution in [3.05, 3.63) is 0 Å². The number of hydrogen-bond acceptors (Lipinski definition) is 2. The van der Waals surface area contributed by atoms with Crippen molar-refractivity contribution in [1.82, 2.24) is 0 Å². The van der Waals surface area contributed by atoms with Crippen molar-refractivity contribution in [3.8, 4) is 0 Å². The predicted octanol–water partition coefficient (Wildman–Crippen LogP) is -0.744. The van der Waals surface area contributed by atoms with Gasteiger partial charge in [-0.1, -0.05) is 0 Å². The van der Waals surface area contributed by atoms with Gasteiger partial charge >= 0.3 is 63.9 Å². The molecule has 0 aromatic rings. The minimum absolute atomic E-state index is 0.113. The van der Waals surface area contributed by atoms with Gasteiger partial charge < -0.3 is 0 Å². The molecule has 1 saturated heterocycles. The first-order valence-electron chi connectivity index (χ1n) is 3.37. The van der Waals surface area contributed by atoms with Crippen molar-refractivity contribution >= 4 is 25.4 Å². The molecule has 50 valence electrons. The molecule has 0 spiro atoms. The van der Waals surface area contributed by atoms with E-state index in [2.05, 4.69) is 0 Å².